The molecule has 5 heteroatoms. The largest absolute Gasteiger partial charge is 0.393 e. The molecule has 0 saturated heterocycles. The van der Waals surface area contributed by atoms with Crippen molar-refractivity contribution in [1.29, 1.82) is 0 Å². The van der Waals surface area contributed by atoms with Crippen molar-refractivity contribution < 1.29 is 9.90 Å². The van der Waals surface area contributed by atoms with Gasteiger partial charge in [0.1, 0.15) is 6.33 Å². The van der Waals surface area contributed by atoms with Gasteiger partial charge in [-0.15, -0.1) is 0 Å². The molecule has 0 aliphatic rings. The van der Waals surface area contributed by atoms with Crippen molar-refractivity contribution in [3.8, 4) is 0 Å². The summed E-state index contributed by atoms with van der Waals surface area (Å²) >= 11 is 0. The van der Waals surface area contributed by atoms with E-state index in [1.165, 1.54) is 10.9 Å². The second-order valence-corrected chi connectivity index (χ2v) is 3.05. The Balaban J connectivity index is 2.23. The van der Waals surface area contributed by atoms with Gasteiger partial charge in [0.25, 0.3) is 0 Å². The van der Waals surface area contributed by atoms with Crippen LogP contribution >= 0.6 is 0 Å². The maximum absolute atomic E-state index is 11.3. The average Bonchev–Trinajstić information content (AvgIpc) is 2.70. The van der Waals surface area contributed by atoms with Crippen LogP contribution in [0, 0.1) is 0 Å². The maximum atomic E-state index is 11.3. The number of nitrogens with zero attached hydrogens (tertiary/aromatic N) is 2. The van der Waals surface area contributed by atoms with E-state index in [1.807, 2.05) is 6.92 Å². The normalized spacial score (nSPS) is 12.4. The predicted octanol–water partition coefficient (Wildman–Crippen LogP) is 0.602. The summed E-state index contributed by atoms with van der Waals surface area (Å²) in [6.45, 7) is 2.38. The van der Waals surface area contributed by atoms with Crippen LogP contribution in [0.3, 0.4) is 0 Å². The quantitative estimate of drug-likeness (QED) is 0.742. The molecule has 1 rings (SSSR count). The molecular formula is C9H15N3O2. The van der Waals surface area contributed by atoms with Crippen molar-refractivity contribution in [2.75, 3.05) is 6.54 Å². The number of imidazole rings is 1. The number of aliphatic hydroxyl groups excluding tert-OH is 1. The van der Waals surface area contributed by atoms with E-state index >= 15 is 0 Å². The lowest BCUT2D eigenvalue weighted by Crippen LogP contribution is -2.30. The minimum absolute atomic E-state index is 0.217. The molecule has 0 aliphatic heterocycles. The number of hydrogen-bond donors (Lipinski definition) is 2. The van der Waals surface area contributed by atoms with Crippen LogP contribution in [0.2, 0.25) is 0 Å². The van der Waals surface area contributed by atoms with Crippen LogP contribution < -0.4 is 5.32 Å². The third-order valence-corrected chi connectivity index (χ3v) is 1.96. The van der Waals surface area contributed by atoms with Gasteiger partial charge in [-0.1, -0.05) is 6.92 Å². The summed E-state index contributed by atoms with van der Waals surface area (Å²) in [5, 5.41) is 11.9. The van der Waals surface area contributed by atoms with Gasteiger partial charge in [0.2, 0.25) is 0 Å². The molecule has 5 nitrogen and oxygen atoms in total. The number of amides is 1. The molecule has 1 atom stereocenters. The molecule has 1 unspecified atom stereocenters. The molecule has 1 aromatic rings. The lowest BCUT2D eigenvalue weighted by atomic mass is 10.2. The Bertz CT molecular complexity index is 272. The van der Waals surface area contributed by atoms with Gasteiger partial charge in [-0.05, 0) is 12.8 Å². The van der Waals surface area contributed by atoms with Gasteiger partial charge < -0.3 is 10.4 Å². The monoisotopic (exact) mass is 197 g/mol. The zero-order chi connectivity index (χ0) is 10.4. The molecule has 0 saturated carbocycles. The van der Waals surface area contributed by atoms with Gasteiger partial charge >= 0.3 is 6.03 Å². The number of aliphatic hydroxyl groups is 1. The summed E-state index contributed by atoms with van der Waals surface area (Å²) in [4.78, 5) is 15.1. The number of carbonyl (C=O) groups is 1. The van der Waals surface area contributed by atoms with Crippen LogP contribution in [0.5, 0.6) is 0 Å². The highest BCUT2D eigenvalue weighted by molar-refractivity contribution is 5.76. The highest BCUT2D eigenvalue weighted by Crippen LogP contribution is 1.94. The molecule has 0 aromatic carbocycles. The number of rotatable bonds is 4. The van der Waals surface area contributed by atoms with E-state index in [2.05, 4.69) is 10.3 Å². The topological polar surface area (TPSA) is 67.2 Å². The first-order valence-corrected chi connectivity index (χ1v) is 4.68. The molecule has 14 heavy (non-hydrogen) atoms. The maximum Gasteiger partial charge on any atom is 0.326 e. The van der Waals surface area contributed by atoms with E-state index in [1.54, 1.807) is 12.4 Å². The summed E-state index contributed by atoms with van der Waals surface area (Å²) in [5.41, 5.74) is 0. The number of carbonyl (C=O) groups excluding carboxylic acids is 1. The number of nitrogens with one attached hydrogen (secondary N) is 1. The molecule has 0 aliphatic carbocycles. The highest BCUT2D eigenvalue weighted by Gasteiger charge is 2.04. The van der Waals surface area contributed by atoms with Gasteiger partial charge in [-0.3, -0.25) is 4.57 Å². The summed E-state index contributed by atoms with van der Waals surface area (Å²) in [6, 6.07) is -0.217. The highest BCUT2D eigenvalue weighted by atomic mass is 16.3. The third-order valence-electron chi connectivity index (χ3n) is 1.96. The van der Waals surface area contributed by atoms with E-state index in [9.17, 15) is 9.90 Å². The Kier molecular flexibility index (Phi) is 4.12. The molecule has 2 N–H and O–H groups in total. The molecule has 0 spiro atoms. The van der Waals surface area contributed by atoms with Gasteiger partial charge in [0.05, 0.1) is 6.10 Å². The van der Waals surface area contributed by atoms with E-state index in [4.69, 9.17) is 0 Å². The SMILES string of the molecule is CCC(O)CCNC(=O)n1ccnc1. The molecular weight excluding hydrogens is 182 g/mol. The number of aromatic nitrogens is 2. The molecule has 0 radical (unpaired) electrons. The molecule has 1 heterocycles. The summed E-state index contributed by atoms with van der Waals surface area (Å²) in [5.74, 6) is 0. The van der Waals surface area contributed by atoms with Crippen LogP contribution in [0.4, 0.5) is 4.79 Å². The predicted molar refractivity (Wildman–Crippen MR) is 51.9 cm³/mol. The van der Waals surface area contributed by atoms with E-state index < -0.39 is 0 Å². The fourth-order valence-corrected chi connectivity index (χ4v) is 1.02. The van der Waals surface area contributed by atoms with Crippen LogP contribution in [-0.2, 0) is 0 Å². The van der Waals surface area contributed by atoms with Gasteiger partial charge in [-0.25, -0.2) is 9.78 Å². The van der Waals surface area contributed by atoms with Crippen molar-refractivity contribution in [2.45, 2.75) is 25.9 Å². The van der Waals surface area contributed by atoms with Gasteiger partial charge in [0, 0.05) is 18.9 Å². The summed E-state index contributed by atoms with van der Waals surface area (Å²) in [6.07, 6.45) is 5.51. The average molecular weight is 197 g/mol. The number of hydrogen-bond acceptors (Lipinski definition) is 3. The second kappa shape index (κ2) is 5.39. The second-order valence-electron chi connectivity index (χ2n) is 3.05. The first-order valence-electron chi connectivity index (χ1n) is 4.68. The minimum Gasteiger partial charge on any atom is -0.393 e. The van der Waals surface area contributed by atoms with E-state index in [0.29, 0.717) is 19.4 Å². The van der Waals surface area contributed by atoms with Crippen molar-refractivity contribution in [2.24, 2.45) is 0 Å². The molecule has 1 aromatic heterocycles. The Hall–Kier alpha value is -1.36. The van der Waals surface area contributed by atoms with Gasteiger partial charge in [-0.2, -0.15) is 0 Å². The standard InChI is InChI=1S/C9H15N3O2/c1-2-8(13)3-4-11-9(14)12-6-5-10-7-12/h5-8,13H,2-4H2,1H3,(H,11,14). The third kappa shape index (κ3) is 3.18. The summed E-state index contributed by atoms with van der Waals surface area (Å²) in [7, 11) is 0. The lowest BCUT2D eigenvalue weighted by Gasteiger charge is -2.08. The van der Waals surface area contributed by atoms with Crippen molar-refractivity contribution in [3.05, 3.63) is 18.7 Å². The lowest BCUT2D eigenvalue weighted by molar-refractivity contribution is 0.160. The molecule has 78 valence electrons. The van der Waals surface area contributed by atoms with Crippen LogP contribution in [0.25, 0.3) is 0 Å². The minimum atomic E-state index is -0.335. The Morgan fingerprint density at radius 1 is 1.71 bits per heavy atom. The van der Waals surface area contributed by atoms with E-state index in [0.717, 1.165) is 0 Å². The van der Waals surface area contributed by atoms with Crippen molar-refractivity contribution in [1.82, 2.24) is 14.9 Å². The molecule has 1 amide bonds. The van der Waals surface area contributed by atoms with Crippen LogP contribution in [0.15, 0.2) is 18.7 Å². The molecule has 0 fully saturated rings. The zero-order valence-corrected chi connectivity index (χ0v) is 8.18. The zero-order valence-electron chi connectivity index (χ0n) is 8.18. The fraction of sp³-hybridized carbons (Fsp3) is 0.556. The summed E-state index contributed by atoms with van der Waals surface area (Å²) < 4.78 is 1.36. The van der Waals surface area contributed by atoms with Crippen LogP contribution in [-0.4, -0.2) is 33.3 Å². The van der Waals surface area contributed by atoms with Crippen LogP contribution in [0.1, 0.15) is 19.8 Å². The fourth-order valence-electron chi connectivity index (χ4n) is 1.02. The van der Waals surface area contributed by atoms with Crippen molar-refractivity contribution >= 4 is 6.03 Å². The van der Waals surface area contributed by atoms with E-state index in [-0.39, 0.29) is 12.1 Å². The first kappa shape index (κ1) is 10.7. The Morgan fingerprint density at radius 3 is 3.07 bits per heavy atom. The molecule has 0 bridgehead atoms. The Labute approximate surface area is 82.8 Å². The Morgan fingerprint density at radius 2 is 2.50 bits per heavy atom. The van der Waals surface area contributed by atoms with Crippen molar-refractivity contribution in [3.63, 3.8) is 0 Å². The van der Waals surface area contributed by atoms with Gasteiger partial charge in [0.15, 0.2) is 0 Å². The smallest absolute Gasteiger partial charge is 0.326 e. The first-order chi connectivity index (χ1) is 6.74.